The van der Waals surface area contributed by atoms with Crippen LogP contribution in [0, 0.1) is 17.0 Å². The number of nitro groups is 1. The summed E-state index contributed by atoms with van der Waals surface area (Å²) in [4.78, 5) is 10.2. The van der Waals surface area contributed by atoms with Crippen molar-refractivity contribution < 1.29 is 18.1 Å². The Kier molecular flexibility index (Phi) is 4.92. The quantitative estimate of drug-likeness (QED) is 0.347. The van der Waals surface area contributed by atoms with Crippen LogP contribution in [0.4, 0.5) is 5.69 Å². The van der Waals surface area contributed by atoms with Gasteiger partial charge in [0.2, 0.25) is 9.05 Å². The Balaban J connectivity index is 2.65. The summed E-state index contributed by atoms with van der Waals surface area (Å²) >= 11 is 0. The molecule has 6 nitrogen and oxygen atoms in total. The molecule has 0 fully saturated rings. The minimum atomic E-state index is -3.55. The molecule has 0 N–H and O–H groups in total. The van der Waals surface area contributed by atoms with Crippen LogP contribution in [-0.4, -0.2) is 25.7 Å². The van der Waals surface area contributed by atoms with Gasteiger partial charge in [0.25, 0.3) is 0 Å². The van der Waals surface area contributed by atoms with Gasteiger partial charge in [0.15, 0.2) is 5.75 Å². The van der Waals surface area contributed by atoms with Gasteiger partial charge < -0.3 is 4.74 Å². The molecule has 18 heavy (non-hydrogen) atoms. The van der Waals surface area contributed by atoms with E-state index in [-0.39, 0.29) is 30.2 Å². The normalized spacial score (nSPS) is 11.2. The molecule has 0 amide bonds. The van der Waals surface area contributed by atoms with Gasteiger partial charge in [-0.2, -0.15) is 0 Å². The Morgan fingerprint density at radius 3 is 2.67 bits per heavy atom. The van der Waals surface area contributed by atoms with Crippen molar-refractivity contribution in [2.45, 2.75) is 13.3 Å². The molecule has 0 bridgehead atoms. The Labute approximate surface area is 109 Å². The lowest BCUT2D eigenvalue weighted by atomic mass is 10.2. The third-order valence-electron chi connectivity index (χ3n) is 2.10. The molecule has 1 rings (SSSR count). The average Bonchev–Trinajstić information content (AvgIpc) is 2.24. The van der Waals surface area contributed by atoms with Crippen molar-refractivity contribution >= 4 is 25.4 Å². The fourth-order valence-electron chi connectivity index (χ4n) is 1.31. The molecule has 1 aromatic rings. The highest BCUT2D eigenvalue weighted by Gasteiger charge is 2.15. The van der Waals surface area contributed by atoms with Crippen molar-refractivity contribution in [1.82, 2.24) is 0 Å². The molecule has 0 atom stereocenters. The van der Waals surface area contributed by atoms with Crippen molar-refractivity contribution in [3.05, 3.63) is 33.9 Å². The van der Waals surface area contributed by atoms with Crippen molar-refractivity contribution in [3.8, 4) is 5.75 Å². The van der Waals surface area contributed by atoms with E-state index in [1.54, 1.807) is 13.0 Å². The zero-order valence-corrected chi connectivity index (χ0v) is 11.2. The van der Waals surface area contributed by atoms with E-state index >= 15 is 0 Å². The molecule has 0 heterocycles. The first kappa shape index (κ1) is 14.7. The van der Waals surface area contributed by atoms with E-state index in [2.05, 4.69) is 0 Å². The van der Waals surface area contributed by atoms with Gasteiger partial charge in [-0.15, -0.1) is 0 Å². The molecule has 0 unspecified atom stereocenters. The molecule has 0 saturated carbocycles. The Morgan fingerprint density at radius 1 is 1.44 bits per heavy atom. The predicted octanol–water partition coefficient (Wildman–Crippen LogP) is 2.24. The monoisotopic (exact) mass is 293 g/mol. The standard InChI is InChI=1S/C10H12ClNO5S/c1-8-3-4-10(9(7-8)12(13)14)17-5-2-6-18(11,15)16/h3-4,7H,2,5-6H2,1H3. The first-order chi connectivity index (χ1) is 8.29. The number of benzene rings is 1. The van der Waals surface area contributed by atoms with Crippen LogP contribution < -0.4 is 4.74 Å². The summed E-state index contributed by atoms with van der Waals surface area (Å²) in [6.07, 6.45) is 0.177. The van der Waals surface area contributed by atoms with Crippen molar-refractivity contribution in [2.75, 3.05) is 12.4 Å². The second kappa shape index (κ2) is 6.01. The van der Waals surface area contributed by atoms with Gasteiger partial charge in [0.1, 0.15) is 0 Å². The van der Waals surface area contributed by atoms with E-state index in [0.29, 0.717) is 0 Å². The van der Waals surface area contributed by atoms with E-state index in [9.17, 15) is 18.5 Å². The molecule has 0 aliphatic carbocycles. The lowest BCUT2D eigenvalue weighted by molar-refractivity contribution is -0.385. The first-order valence-corrected chi connectivity index (χ1v) is 7.57. The third kappa shape index (κ3) is 4.89. The molecular formula is C10H12ClNO5S. The van der Waals surface area contributed by atoms with Crippen LogP contribution in [0.25, 0.3) is 0 Å². The molecule has 0 aliphatic heterocycles. The smallest absolute Gasteiger partial charge is 0.311 e. The molecule has 0 radical (unpaired) electrons. The predicted molar refractivity (Wildman–Crippen MR) is 67.6 cm³/mol. The Bertz CT molecular complexity index is 543. The molecule has 0 aromatic heterocycles. The molecule has 1 aromatic carbocycles. The van der Waals surface area contributed by atoms with Gasteiger partial charge in [-0.3, -0.25) is 10.1 Å². The third-order valence-corrected chi connectivity index (χ3v) is 3.34. The second-order valence-corrected chi connectivity index (χ2v) is 6.57. The molecule has 8 heteroatoms. The molecule has 0 aliphatic rings. The fourth-order valence-corrected chi connectivity index (χ4v) is 2.10. The van der Waals surface area contributed by atoms with Gasteiger partial charge in [0.05, 0.1) is 17.3 Å². The Hall–Kier alpha value is -1.34. The molecular weight excluding hydrogens is 282 g/mol. The van der Waals surface area contributed by atoms with Crippen LogP contribution in [0.15, 0.2) is 18.2 Å². The molecule has 100 valence electrons. The van der Waals surface area contributed by atoms with E-state index < -0.39 is 14.0 Å². The van der Waals surface area contributed by atoms with Gasteiger partial charge in [-0.25, -0.2) is 8.42 Å². The van der Waals surface area contributed by atoms with Crippen LogP contribution in [0.3, 0.4) is 0 Å². The van der Waals surface area contributed by atoms with Crippen LogP contribution in [0.5, 0.6) is 5.75 Å². The lowest BCUT2D eigenvalue weighted by Gasteiger charge is -2.06. The average molecular weight is 294 g/mol. The minimum Gasteiger partial charge on any atom is -0.487 e. The van der Waals surface area contributed by atoms with Crippen LogP contribution >= 0.6 is 10.7 Å². The maximum absolute atomic E-state index is 10.8. The highest BCUT2D eigenvalue weighted by Crippen LogP contribution is 2.27. The summed E-state index contributed by atoms with van der Waals surface area (Å²) in [7, 11) is 1.47. The van der Waals surface area contributed by atoms with Crippen molar-refractivity contribution in [2.24, 2.45) is 0 Å². The van der Waals surface area contributed by atoms with Gasteiger partial charge in [0, 0.05) is 16.7 Å². The first-order valence-electron chi connectivity index (χ1n) is 5.10. The summed E-state index contributed by atoms with van der Waals surface area (Å²) in [6, 6.07) is 4.57. The summed E-state index contributed by atoms with van der Waals surface area (Å²) in [5.41, 5.74) is 0.612. The van der Waals surface area contributed by atoms with Crippen molar-refractivity contribution in [1.29, 1.82) is 0 Å². The van der Waals surface area contributed by atoms with Gasteiger partial charge in [-0.1, -0.05) is 6.07 Å². The summed E-state index contributed by atoms with van der Waals surface area (Å²) in [6.45, 7) is 1.78. The maximum Gasteiger partial charge on any atom is 0.311 e. The largest absolute Gasteiger partial charge is 0.487 e. The SMILES string of the molecule is Cc1ccc(OCCCS(=O)(=O)Cl)c([N+](=O)[O-])c1. The van der Waals surface area contributed by atoms with Crippen LogP contribution in [-0.2, 0) is 9.05 Å². The number of hydrogen-bond acceptors (Lipinski definition) is 5. The number of ether oxygens (including phenoxy) is 1. The number of halogens is 1. The minimum absolute atomic E-state index is 0.0514. The van der Waals surface area contributed by atoms with Gasteiger partial charge in [-0.05, 0) is 25.0 Å². The maximum atomic E-state index is 10.8. The lowest BCUT2D eigenvalue weighted by Crippen LogP contribution is -2.06. The fraction of sp³-hybridized carbons (Fsp3) is 0.400. The number of aryl methyl sites for hydroxylation is 1. The molecule has 0 spiro atoms. The topological polar surface area (TPSA) is 86.5 Å². The Morgan fingerprint density at radius 2 is 2.11 bits per heavy atom. The van der Waals surface area contributed by atoms with E-state index in [1.165, 1.54) is 12.1 Å². The second-order valence-electron chi connectivity index (χ2n) is 3.67. The summed E-state index contributed by atoms with van der Waals surface area (Å²) in [5.74, 6) is -0.105. The van der Waals surface area contributed by atoms with Crippen LogP contribution in [0.1, 0.15) is 12.0 Å². The zero-order chi connectivity index (χ0) is 13.8. The van der Waals surface area contributed by atoms with Crippen LogP contribution in [0.2, 0.25) is 0 Å². The van der Waals surface area contributed by atoms with E-state index in [4.69, 9.17) is 15.4 Å². The number of nitro benzene ring substituents is 1. The van der Waals surface area contributed by atoms with E-state index in [0.717, 1.165) is 5.56 Å². The van der Waals surface area contributed by atoms with Gasteiger partial charge >= 0.3 is 5.69 Å². The summed E-state index contributed by atoms with van der Waals surface area (Å²) < 4.78 is 26.5. The number of hydrogen-bond donors (Lipinski definition) is 0. The van der Waals surface area contributed by atoms with E-state index in [1.807, 2.05) is 0 Å². The highest BCUT2D eigenvalue weighted by molar-refractivity contribution is 8.13. The highest BCUT2D eigenvalue weighted by atomic mass is 35.7. The summed E-state index contributed by atoms with van der Waals surface area (Å²) in [5, 5.41) is 10.8. The number of rotatable bonds is 6. The van der Waals surface area contributed by atoms with Crippen molar-refractivity contribution in [3.63, 3.8) is 0 Å². The molecule has 0 saturated heterocycles. The number of nitrogens with zero attached hydrogens (tertiary/aromatic N) is 1. The zero-order valence-electron chi connectivity index (χ0n) is 9.63.